The van der Waals surface area contributed by atoms with E-state index in [2.05, 4.69) is 20.5 Å². The van der Waals surface area contributed by atoms with E-state index in [9.17, 15) is 32.3 Å². The summed E-state index contributed by atoms with van der Waals surface area (Å²) in [5.74, 6) is -0.962. The number of halogens is 5. The summed E-state index contributed by atoms with van der Waals surface area (Å²) in [5, 5.41) is 21.3. The monoisotopic (exact) mass is 615 g/mol. The van der Waals surface area contributed by atoms with Gasteiger partial charge in [-0.2, -0.15) is 13.2 Å². The van der Waals surface area contributed by atoms with Crippen molar-refractivity contribution in [2.24, 2.45) is 0 Å². The van der Waals surface area contributed by atoms with Crippen molar-refractivity contribution in [1.29, 1.82) is 0 Å². The lowest BCUT2D eigenvalue weighted by molar-refractivity contribution is -0.207. The number of carbonyl (C=O) groups excluding carboxylic acids is 1. The second kappa shape index (κ2) is 11.8. The topological polar surface area (TPSA) is 120 Å². The average molecular weight is 616 g/mol. The maximum absolute atomic E-state index is 13.6. The van der Waals surface area contributed by atoms with E-state index >= 15 is 0 Å². The molecule has 0 spiro atoms. The Hall–Kier alpha value is -4.82. The van der Waals surface area contributed by atoms with Gasteiger partial charge in [-0.15, -0.1) is 10.2 Å². The van der Waals surface area contributed by atoms with Crippen LogP contribution in [0.2, 0.25) is 5.02 Å². The number of aliphatic hydroxyl groups excluding tert-OH is 1. The maximum atomic E-state index is 13.6. The molecule has 1 atom stereocenters. The van der Waals surface area contributed by atoms with E-state index in [0.717, 1.165) is 9.25 Å². The summed E-state index contributed by atoms with van der Waals surface area (Å²) in [6.45, 7) is 0.157. The number of hydrogen-bond donors (Lipinski definition) is 2. The van der Waals surface area contributed by atoms with Crippen LogP contribution in [0.4, 0.5) is 23.2 Å². The molecule has 15 heteroatoms. The quantitative estimate of drug-likeness (QED) is 0.246. The van der Waals surface area contributed by atoms with Gasteiger partial charge < -0.3 is 10.4 Å². The van der Waals surface area contributed by atoms with Crippen LogP contribution in [0, 0.1) is 12.7 Å². The number of benzene rings is 3. The van der Waals surface area contributed by atoms with Crippen LogP contribution in [-0.2, 0) is 13.1 Å². The van der Waals surface area contributed by atoms with E-state index in [0.29, 0.717) is 27.5 Å². The number of anilines is 1. The molecule has 10 nitrogen and oxygen atoms in total. The molecule has 5 rings (SSSR count). The van der Waals surface area contributed by atoms with Crippen molar-refractivity contribution in [2.45, 2.75) is 32.3 Å². The molecule has 5 aromatic rings. The molecular weight excluding hydrogens is 594 g/mol. The zero-order valence-electron chi connectivity index (χ0n) is 22.3. The van der Waals surface area contributed by atoms with Crippen molar-refractivity contribution < 1.29 is 27.5 Å². The Morgan fingerprint density at radius 1 is 1.07 bits per heavy atom. The Balaban J connectivity index is 1.44. The molecule has 222 valence electrons. The molecule has 0 fully saturated rings. The van der Waals surface area contributed by atoms with E-state index in [1.807, 2.05) is 0 Å². The summed E-state index contributed by atoms with van der Waals surface area (Å²) in [5.41, 5.74) is 0.666. The molecule has 2 aromatic heterocycles. The molecule has 1 amide bonds. The zero-order chi connectivity index (χ0) is 30.9. The summed E-state index contributed by atoms with van der Waals surface area (Å²) < 4.78 is 56.0. The minimum Gasteiger partial charge on any atom is -0.382 e. The number of nitrogens with zero attached hydrogens (tertiary/aromatic N) is 6. The first-order valence-corrected chi connectivity index (χ1v) is 13.0. The largest absolute Gasteiger partial charge is 0.416 e. The SMILES string of the molecule is Cc1cc(NC(=O)c2ccccc2-n2cnc(Cn3nc(-c4ccc(Cl)cc4)n(CC(O)C(F)(F)F)c3=O)n2)ccc1F. The number of aromatic nitrogens is 6. The molecule has 43 heavy (non-hydrogen) atoms. The molecule has 0 aliphatic carbocycles. The Kier molecular flexibility index (Phi) is 8.15. The van der Waals surface area contributed by atoms with Crippen molar-refractivity contribution in [3.63, 3.8) is 0 Å². The molecule has 1 unspecified atom stereocenters. The third-order valence-electron chi connectivity index (χ3n) is 6.40. The molecule has 3 aromatic carbocycles. The van der Waals surface area contributed by atoms with E-state index < -0.39 is 36.2 Å². The highest BCUT2D eigenvalue weighted by Gasteiger charge is 2.39. The Labute approximate surface area is 245 Å². The molecule has 0 saturated heterocycles. The van der Waals surface area contributed by atoms with E-state index in [1.165, 1.54) is 53.5 Å². The molecule has 0 bridgehead atoms. The number of aryl methyl sites for hydroxylation is 1. The number of nitrogens with one attached hydrogen (secondary N) is 1. The predicted octanol–water partition coefficient (Wildman–Crippen LogP) is 4.62. The predicted molar refractivity (Wildman–Crippen MR) is 149 cm³/mol. The zero-order valence-corrected chi connectivity index (χ0v) is 23.0. The van der Waals surface area contributed by atoms with E-state index in [-0.39, 0.29) is 23.8 Å². The highest BCUT2D eigenvalue weighted by atomic mass is 35.5. The fourth-order valence-electron chi connectivity index (χ4n) is 4.20. The highest BCUT2D eigenvalue weighted by Crippen LogP contribution is 2.24. The minimum absolute atomic E-state index is 0.0650. The van der Waals surface area contributed by atoms with Gasteiger partial charge in [0.2, 0.25) is 0 Å². The third kappa shape index (κ3) is 6.49. The summed E-state index contributed by atoms with van der Waals surface area (Å²) in [7, 11) is 0. The molecule has 0 aliphatic rings. The molecular formula is C28H22ClF4N7O3. The van der Waals surface area contributed by atoms with Gasteiger partial charge in [-0.1, -0.05) is 23.7 Å². The van der Waals surface area contributed by atoms with Crippen LogP contribution in [0.25, 0.3) is 17.1 Å². The number of rotatable bonds is 8. The fraction of sp³-hybridized carbons (Fsp3) is 0.179. The molecule has 0 saturated carbocycles. The second-order valence-corrected chi connectivity index (χ2v) is 9.92. The van der Waals surface area contributed by atoms with Gasteiger partial charge in [-0.3, -0.25) is 9.36 Å². The summed E-state index contributed by atoms with van der Waals surface area (Å²) in [6, 6.07) is 16.6. The van der Waals surface area contributed by atoms with Crippen molar-refractivity contribution in [1.82, 2.24) is 29.1 Å². The van der Waals surface area contributed by atoms with Crippen LogP contribution in [0.15, 0.2) is 77.9 Å². The van der Waals surface area contributed by atoms with Crippen LogP contribution in [0.5, 0.6) is 0 Å². The number of amides is 1. The summed E-state index contributed by atoms with van der Waals surface area (Å²) in [6.07, 6.45) is -6.47. The van der Waals surface area contributed by atoms with Crippen LogP contribution in [-0.4, -0.2) is 52.4 Å². The lowest BCUT2D eigenvalue weighted by Gasteiger charge is -2.15. The molecule has 2 N–H and O–H groups in total. The molecule has 0 radical (unpaired) electrons. The van der Waals surface area contributed by atoms with Gasteiger partial charge in [0.1, 0.15) is 18.7 Å². The summed E-state index contributed by atoms with van der Waals surface area (Å²) in [4.78, 5) is 30.4. The first kappa shape index (κ1) is 29.7. The first-order valence-electron chi connectivity index (χ1n) is 12.7. The van der Waals surface area contributed by atoms with Crippen LogP contribution in [0.3, 0.4) is 0 Å². The average Bonchev–Trinajstić information content (AvgIpc) is 3.55. The molecule has 2 heterocycles. The van der Waals surface area contributed by atoms with Gasteiger partial charge >= 0.3 is 11.9 Å². The highest BCUT2D eigenvalue weighted by molar-refractivity contribution is 6.30. The lowest BCUT2D eigenvalue weighted by Crippen LogP contribution is -2.37. The van der Waals surface area contributed by atoms with Crippen LogP contribution < -0.4 is 11.0 Å². The van der Waals surface area contributed by atoms with Crippen molar-refractivity contribution >= 4 is 23.2 Å². The van der Waals surface area contributed by atoms with Gasteiger partial charge in [0.15, 0.2) is 17.8 Å². The van der Waals surface area contributed by atoms with Crippen molar-refractivity contribution in [3.05, 3.63) is 111 Å². The second-order valence-electron chi connectivity index (χ2n) is 9.48. The number of alkyl halides is 3. The van der Waals surface area contributed by atoms with E-state index in [4.69, 9.17) is 11.6 Å². The summed E-state index contributed by atoms with van der Waals surface area (Å²) >= 11 is 5.92. The van der Waals surface area contributed by atoms with Gasteiger partial charge in [-0.25, -0.2) is 23.5 Å². The van der Waals surface area contributed by atoms with Gasteiger partial charge in [-0.05, 0) is 67.1 Å². The third-order valence-corrected chi connectivity index (χ3v) is 6.65. The number of para-hydroxylation sites is 1. The number of aliphatic hydroxyl groups is 1. The normalized spacial score (nSPS) is 12.3. The number of hydrogen-bond acceptors (Lipinski definition) is 6. The maximum Gasteiger partial charge on any atom is 0.416 e. The Morgan fingerprint density at radius 2 is 1.79 bits per heavy atom. The lowest BCUT2D eigenvalue weighted by atomic mass is 10.1. The van der Waals surface area contributed by atoms with Crippen LogP contribution >= 0.6 is 11.6 Å². The Bertz CT molecular complexity index is 1850. The van der Waals surface area contributed by atoms with Crippen molar-refractivity contribution in [2.75, 3.05) is 5.32 Å². The van der Waals surface area contributed by atoms with Crippen LogP contribution in [0.1, 0.15) is 21.7 Å². The van der Waals surface area contributed by atoms with Gasteiger partial charge in [0.05, 0.1) is 17.8 Å². The molecule has 0 aliphatic heterocycles. The fourth-order valence-corrected chi connectivity index (χ4v) is 4.33. The van der Waals surface area contributed by atoms with E-state index in [1.54, 1.807) is 31.2 Å². The Morgan fingerprint density at radius 3 is 2.49 bits per heavy atom. The smallest absolute Gasteiger partial charge is 0.382 e. The van der Waals surface area contributed by atoms with Gasteiger partial charge in [0.25, 0.3) is 5.91 Å². The first-order chi connectivity index (χ1) is 20.4. The van der Waals surface area contributed by atoms with Crippen molar-refractivity contribution in [3.8, 4) is 17.1 Å². The minimum atomic E-state index is -4.96. The van der Waals surface area contributed by atoms with Gasteiger partial charge in [0, 0.05) is 16.3 Å². The standard InChI is InChI=1S/C28H22ClF4N7O3/c1-16-12-19(10-11-21(16)30)35-26(42)20-4-2-3-5-22(20)40-15-34-24(36-40)14-39-27(43)38(13-23(41)28(31,32)33)25(37-39)17-6-8-18(29)9-7-17/h2-12,15,23,41H,13-14H2,1H3,(H,35,42). The number of carbonyl (C=O) groups is 1.